The van der Waals surface area contributed by atoms with E-state index in [1.54, 1.807) is 18.2 Å². The van der Waals surface area contributed by atoms with Crippen LogP contribution in [0.25, 0.3) is 0 Å². The lowest BCUT2D eigenvalue weighted by Crippen LogP contribution is -2.30. The minimum Gasteiger partial charge on any atom is -0.372 e. The highest BCUT2D eigenvalue weighted by Crippen LogP contribution is 2.30. The molecule has 2 amide bonds. The molecule has 0 saturated heterocycles. The molecule has 0 atom stereocenters. The first-order valence-electron chi connectivity index (χ1n) is 9.66. The molecule has 1 fully saturated rings. The molecule has 142 valence electrons. The van der Waals surface area contributed by atoms with E-state index in [0.29, 0.717) is 17.8 Å². The molecule has 2 N–H and O–H groups in total. The number of para-hydroxylation sites is 1. The van der Waals surface area contributed by atoms with E-state index in [4.69, 9.17) is 0 Å². The second-order valence-electron chi connectivity index (χ2n) is 6.87. The molecule has 0 aromatic heterocycles. The number of rotatable bonds is 9. The Labute approximate surface area is 160 Å². The van der Waals surface area contributed by atoms with Crippen LogP contribution in [0.1, 0.15) is 36.5 Å². The fourth-order valence-electron chi connectivity index (χ4n) is 3.01. The van der Waals surface area contributed by atoms with Crippen molar-refractivity contribution < 1.29 is 9.59 Å². The van der Waals surface area contributed by atoms with Crippen LogP contribution in [0.15, 0.2) is 54.6 Å². The first-order valence-corrected chi connectivity index (χ1v) is 9.66. The van der Waals surface area contributed by atoms with Crippen LogP contribution in [0.3, 0.4) is 0 Å². The van der Waals surface area contributed by atoms with Crippen molar-refractivity contribution in [1.29, 1.82) is 0 Å². The highest BCUT2D eigenvalue weighted by Gasteiger charge is 2.29. The van der Waals surface area contributed by atoms with Gasteiger partial charge in [-0.15, -0.1) is 0 Å². The van der Waals surface area contributed by atoms with Gasteiger partial charge in [0, 0.05) is 42.5 Å². The van der Waals surface area contributed by atoms with Crippen molar-refractivity contribution in [1.82, 2.24) is 5.32 Å². The third-order valence-electron chi connectivity index (χ3n) is 4.73. The molecule has 5 nitrogen and oxygen atoms in total. The molecule has 1 aliphatic carbocycles. The summed E-state index contributed by atoms with van der Waals surface area (Å²) in [5.41, 5.74) is 2.45. The standard InChI is InChI=1S/C22H27N3O2/c1-2-25(20-10-4-3-5-11-20)15-7-14-23-21(26)18-8-6-9-19(16-18)24-22(27)17-12-13-17/h3-6,8-11,16-17H,2,7,12-15H2,1H3,(H,23,26)(H,24,27). The molecular weight excluding hydrogens is 338 g/mol. The molecule has 0 unspecified atom stereocenters. The maximum atomic E-state index is 12.4. The van der Waals surface area contributed by atoms with Gasteiger partial charge in [0.2, 0.25) is 5.91 Å². The van der Waals surface area contributed by atoms with E-state index in [1.165, 1.54) is 5.69 Å². The average molecular weight is 365 g/mol. The molecule has 1 saturated carbocycles. The second kappa shape index (κ2) is 9.21. The van der Waals surface area contributed by atoms with Crippen LogP contribution in [0.4, 0.5) is 11.4 Å². The van der Waals surface area contributed by atoms with Gasteiger partial charge in [0.25, 0.3) is 5.91 Å². The summed E-state index contributed by atoms with van der Waals surface area (Å²) in [6.45, 7) is 4.56. The van der Waals surface area contributed by atoms with Crippen molar-refractivity contribution >= 4 is 23.2 Å². The van der Waals surface area contributed by atoms with Gasteiger partial charge in [-0.3, -0.25) is 9.59 Å². The number of hydrogen-bond donors (Lipinski definition) is 2. The third kappa shape index (κ3) is 5.58. The Balaban J connectivity index is 1.45. The van der Waals surface area contributed by atoms with Gasteiger partial charge >= 0.3 is 0 Å². The Morgan fingerprint density at radius 2 is 1.85 bits per heavy atom. The summed E-state index contributed by atoms with van der Waals surface area (Å²) < 4.78 is 0. The molecule has 1 aliphatic rings. The fraction of sp³-hybridized carbons (Fsp3) is 0.364. The average Bonchev–Trinajstić information content (AvgIpc) is 3.54. The summed E-state index contributed by atoms with van der Waals surface area (Å²) in [7, 11) is 0. The van der Waals surface area contributed by atoms with Crippen LogP contribution >= 0.6 is 0 Å². The lowest BCUT2D eigenvalue weighted by molar-refractivity contribution is -0.117. The first-order chi connectivity index (χ1) is 13.2. The van der Waals surface area contributed by atoms with Crippen molar-refractivity contribution in [3.05, 3.63) is 60.2 Å². The summed E-state index contributed by atoms with van der Waals surface area (Å²) in [6, 6.07) is 17.4. The Morgan fingerprint density at radius 3 is 2.56 bits per heavy atom. The SMILES string of the molecule is CCN(CCCNC(=O)c1cccc(NC(=O)C2CC2)c1)c1ccccc1. The number of carbonyl (C=O) groups is 2. The predicted octanol–water partition coefficient (Wildman–Crippen LogP) is 3.68. The normalized spacial score (nSPS) is 13.1. The predicted molar refractivity (Wildman–Crippen MR) is 109 cm³/mol. The molecular formula is C22H27N3O2. The number of amides is 2. The topological polar surface area (TPSA) is 61.4 Å². The minimum atomic E-state index is -0.111. The highest BCUT2D eigenvalue weighted by molar-refractivity contribution is 5.98. The Bertz CT molecular complexity index is 772. The van der Waals surface area contributed by atoms with Gasteiger partial charge in [-0.25, -0.2) is 0 Å². The highest BCUT2D eigenvalue weighted by atomic mass is 16.2. The monoisotopic (exact) mass is 365 g/mol. The van der Waals surface area contributed by atoms with Gasteiger partial charge < -0.3 is 15.5 Å². The minimum absolute atomic E-state index is 0.0492. The zero-order chi connectivity index (χ0) is 19.1. The van der Waals surface area contributed by atoms with Crippen LogP contribution in [0.5, 0.6) is 0 Å². The smallest absolute Gasteiger partial charge is 0.251 e. The number of benzene rings is 2. The van der Waals surface area contributed by atoms with Crippen molar-refractivity contribution in [3.63, 3.8) is 0 Å². The lowest BCUT2D eigenvalue weighted by atomic mass is 10.2. The van der Waals surface area contributed by atoms with Crippen LogP contribution in [0.2, 0.25) is 0 Å². The Kier molecular flexibility index (Phi) is 6.47. The fourth-order valence-corrected chi connectivity index (χ4v) is 3.01. The molecule has 27 heavy (non-hydrogen) atoms. The maximum Gasteiger partial charge on any atom is 0.251 e. The van der Waals surface area contributed by atoms with Crippen LogP contribution in [0, 0.1) is 5.92 Å². The summed E-state index contributed by atoms with van der Waals surface area (Å²) in [6.07, 6.45) is 2.79. The van der Waals surface area contributed by atoms with E-state index in [2.05, 4.69) is 34.6 Å². The van der Waals surface area contributed by atoms with Gasteiger partial charge in [0.15, 0.2) is 0 Å². The molecule has 0 spiro atoms. The number of carbonyl (C=O) groups excluding carboxylic acids is 2. The van der Waals surface area contributed by atoms with E-state index in [-0.39, 0.29) is 17.7 Å². The molecule has 0 aliphatic heterocycles. The summed E-state index contributed by atoms with van der Waals surface area (Å²) in [5.74, 6) is 0.0852. The molecule has 0 bridgehead atoms. The zero-order valence-electron chi connectivity index (χ0n) is 15.8. The van der Waals surface area contributed by atoms with Gasteiger partial charge in [-0.05, 0) is 56.5 Å². The Hall–Kier alpha value is -2.82. The lowest BCUT2D eigenvalue weighted by Gasteiger charge is -2.23. The zero-order valence-corrected chi connectivity index (χ0v) is 15.8. The van der Waals surface area contributed by atoms with Crippen molar-refractivity contribution in [2.24, 2.45) is 5.92 Å². The van der Waals surface area contributed by atoms with E-state index in [9.17, 15) is 9.59 Å². The summed E-state index contributed by atoms with van der Waals surface area (Å²) in [4.78, 5) is 26.5. The van der Waals surface area contributed by atoms with E-state index in [0.717, 1.165) is 32.4 Å². The van der Waals surface area contributed by atoms with Crippen LogP contribution < -0.4 is 15.5 Å². The largest absolute Gasteiger partial charge is 0.372 e. The molecule has 3 rings (SSSR count). The number of anilines is 2. The summed E-state index contributed by atoms with van der Waals surface area (Å²) >= 11 is 0. The van der Waals surface area contributed by atoms with Gasteiger partial charge in [-0.1, -0.05) is 24.3 Å². The maximum absolute atomic E-state index is 12.4. The molecule has 0 heterocycles. The van der Waals surface area contributed by atoms with Crippen LogP contribution in [-0.4, -0.2) is 31.4 Å². The molecule has 5 heteroatoms. The van der Waals surface area contributed by atoms with Crippen molar-refractivity contribution in [2.75, 3.05) is 29.9 Å². The molecule has 2 aromatic carbocycles. The molecule has 0 radical (unpaired) electrons. The third-order valence-corrected chi connectivity index (χ3v) is 4.73. The summed E-state index contributed by atoms with van der Waals surface area (Å²) in [5, 5.41) is 5.85. The van der Waals surface area contributed by atoms with Crippen molar-refractivity contribution in [2.45, 2.75) is 26.2 Å². The number of nitrogens with zero attached hydrogens (tertiary/aromatic N) is 1. The van der Waals surface area contributed by atoms with Crippen LogP contribution in [-0.2, 0) is 4.79 Å². The van der Waals surface area contributed by atoms with E-state index in [1.807, 2.05) is 24.3 Å². The quantitative estimate of drug-likeness (QED) is 0.667. The first kappa shape index (κ1) is 19.0. The second-order valence-corrected chi connectivity index (χ2v) is 6.87. The van der Waals surface area contributed by atoms with Gasteiger partial charge in [-0.2, -0.15) is 0 Å². The van der Waals surface area contributed by atoms with E-state index >= 15 is 0 Å². The number of nitrogens with one attached hydrogen (secondary N) is 2. The van der Waals surface area contributed by atoms with E-state index < -0.39 is 0 Å². The Morgan fingerprint density at radius 1 is 1.07 bits per heavy atom. The van der Waals surface area contributed by atoms with Gasteiger partial charge in [0.1, 0.15) is 0 Å². The molecule has 2 aromatic rings. The van der Waals surface area contributed by atoms with Gasteiger partial charge in [0.05, 0.1) is 0 Å². The number of hydrogen-bond acceptors (Lipinski definition) is 3. The van der Waals surface area contributed by atoms with Crippen molar-refractivity contribution in [3.8, 4) is 0 Å².